The average molecular weight is 273 g/mol. The van der Waals surface area contributed by atoms with Crippen LogP contribution >= 0.6 is 15.9 Å². The fourth-order valence-corrected chi connectivity index (χ4v) is 6.70. The predicted octanol–water partition coefficient (Wildman–Crippen LogP) is 3.20. The van der Waals surface area contributed by atoms with Crippen LogP contribution in [0.3, 0.4) is 0 Å². The number of carboxylic acid groups (broad SMARTS) is 1. The minimum Gasteiger partial charge on any atom is -0.481 e. The molecule has 0 heterocycles. The molecular formula is C12H17BrO2. The first kappa shape index (κ1) is 10.1. The number of hydrogen-bond acceptors (Lipinski definition) is 1. The van der Waals surface area contributed by atoms with E-state index >= 15 is 0 Å². The molecule has 4 atom stereocenters. The number of carbonyl (C=O) groups is 1. The number of aliphatic carboxylic acids is 1. The van der Waals surface area contributed by atoms with Crippen molar-refractivity contribution in [2.75, 3.05) is 0 Å². The van der Waals surface area contributed by atoms with E-state index in [0.29, 0.717) is 5.92 Å². The van der Waals surface area contributed by atoms with Crippen LogP contribution in [0.25, 0.3) is 0 Å². The van der Waals surface area contributed by atoms with E-state index in [-0.39, 0.29) is 9.74 Å². The monoisotopic (exact) mass is 272 g/mol. The van der Waals surface area contributed by atoms with Crippen molar-refractivity contribution in [1.82, 2.24) is 0 Å². The van der Waals surface area contributed by atoms with Gasteiger partial charge in [0.2, 0.25) is 0 Å². The summed E-state index contributed by atoms with van der Waals surface area (Å²) in [4.78, 5) is 11.5. The van der Waals surface area contributed by atoms with Gasteiger partial charge in [-0.05, 0) is 49.9 Å². The van der Waals surface area contributed by atoms with Gasteiger partial charge in [-0.1, -0.05) is 22.9 Å². The lowest BCUT2D eigenvalue weighted by Gasteiger charge is -2.62. The van der Waals surface area contributed by atoms with E-state index in [4.69, 9.17) is 0 Å². The number of alkyl halides is 1. The molecule has 0 spiro atoms. The molecule has 3 heteroatoms. The molecule has 2 nitrogen and oxygen atoms in total. The van der Waals surface area contributed by atoms with Gasteiger partial charge in [-0.25, -0.2) is 0 Å². The van der Waals surface area contributed by atoms with Gasteiger partial charge in [0.1, 0.15) is 0 Å². The molecule has 0 aliphatic heterocycles. The van der Waals surface area contributed by atoms with Crippen LogP contribution in [0.4, 0.5) is 0 Å². The van der Waals surface area contributed by atoms with E-state index < -0.39 is 11.4 Å². The summed E-state index contributed by atoms with van der Waals surface area (Å²) in [5.74, 6) is 0.0865. The highest BCUT2D eigenvalue weighted by Crippen LogP contribution is 2.68. The molecule has 4 rings (SSSR count). The fraction of sp³-hybridized carbons (Fsp3) is 0.917. The standard InChI is InChI=1S/C12H17BrO2/c1-10-2-8-3-11(5-10,9(14)15)7-12(13,4-8)6-10/h8H,2-7H2,1H3,(H,14,15)/t8-,10+,11+,12+/m1/s1. The second-order valence-corrected chi connectivity index (χ2v) is 8.24. The largest absolute Gasteiger partial charge is 0.481 e. The number of rotatable bonds is 1. The van der Waals surface area contributed by atoms with E-state index in [1.54, 1.807) is 0 Å². The first-order valence-corrected chi connectivity index (χ1v) is 6.57. The maximum atomic E-state index is 11.5. The molecule has 4 saturated carbocycles. The van der Waals surface area contributed by atoms with Crippen LogP contribution in [-0.4, -0.2) is 15.4 Å². The Bertz CT molecular complexity index is 321. The summed E-state index contributed by atoms with van der Waals surface area (Å²) in [5, 5.41) is 9.49. The quantitative estimate of drug-likeness (QED) is 0.745. The highest BCUT2D eigenvalue weighted by atomic mass is 79.9. The summed E-state index contributed by atoms with van der Waals surface area (Å²) < 4.78 is 0.138. The van der Waals surface area contributed by atoms with Crippen LogP contribution in [0, 0.1) is 16.7 Å². The molecule has 15 heavy (non-hydrogen) atoms. The Kier molecular flexibility index (Phi) is 1.76. The molecule has 0 aromatic heterocycles. The van der Waals surface area contributed by atoms with Gasteiger partial charge in [0, 0.05) is 4.32 Å². The molecule has 0 aromatic carbocycles. The minimum atomic E-state index is -0.554. The van der Waals surface area contributed by atoms with Gasteiger partial charge in [-0.2, -0.15) is 0 Å². The highest BCUT2D eigenvalue weighted by Gasteiger charge is 2.63. The van der Waals surface area contributed by atoms with Gasteiger partial charge in [-0.3, -0.25) is 4.79 Å². The first-order chi connectivity index (χ1) is 6.85. The molecule has 1 N–H and O–H groups in total. The second kappa shape index (κ2) is 2.61. The number of halogens is 1. The van der Waals surface area contributed by atoms with Crippen molar-refractivity contribution in [3.8, 4) is 0 Å². The van der Waals surface area contributed by atoms with Crippen molar-refractivity contribution in [2.24, 2.45) is 16.7 Å². The topological polar surface area (TPSA) is 37.3 Å². The van der Waals surface area contributed by atoms with Gasteiger partial charge < -0.3 is 5.11 Å². The third kappa shape index (κ3) is 1.31. The molecular weight excluding hydrogens is 256 g/mol. The van der Waals surface area contributed by atoms with Crippen LogP contribution in [0.15, 0.2) is 0 Å². The predicted molar refractivity (Wildman–Crippen MR) is 61.0 cm³/mol. The van der Waals surface area contributed by atoms with E-state index in [0.717, 1.165) is 19.3 Å². The zero-order valence-corrected chi connectivity index (χ0v) is 10.6. The van der Waals surface area contributed by atoms with E-state index in [2.05, 4.69) is 22.9 Å². The van der Waals surface area contributed by atoms with Crippen LogP contribution < -0.4 is 0 Å². The Hall–Kier alpha value is -0.0500. The average Bonchev–Trinajstić information content (AvgIpc) is 1.95. The lowest BCUT2D eigenvalue weighted by molar-refractivity contribution is -0.169. The van der Waals surface area contributed by atoms with Gasteiger partial charge >= 0.3 is 5.97 Å². The lowest BCUT2D eigenvalue weighted by atomic mass is 9.44. The van der Waals surface area contributed by atoms with Crippen LogP contribution in [-0.2, 0) is 4.79 Å². The Morgan fingerprint density at radius 3 is 2.53 bits per heavy atom. The number of hydrogen-bond donors (Lipinski definition) is 1. The van der Waals surface area contributed by atoms with Crippen molar-refractivity contribution in [3.05, 3.63) is 0 Å². The van der Waals surface area contributed by atoms with Gasteiger partial charge in [-0.15, -0.1) is 0 Å². The van der Waals surface area contributed by atoms with Crippen LogP contribution in [0.2, 0.25) is 0 Å². The molecule has 4 aliphatic carbocycles. The van der Waals surface area contributed by atoms with E-state index in [9.17, 15) is 9.90 Å². The molecule has 4 bridgehead atoms. The normalized spacial score (nSPS) is 57.1. The van der Waals surface area contributed by atoms with E-state index in [1.807, 2.05) is 0 Å². The molecule has 0 amide bonds. The SMILES string of the molecule is C[C@@]12C[C@H]3C[C@](Br)(C1)C[C@](C(=O)O)(C3)C2. The Morgan fingerprint density at radius 2 is 2.00 bits per heavy atom. The van der Waals surface area contributed by atoms with Gasteiger partial charge in [0.25, 0.3) is 0 Å². The molecule has 0 unspecified atom stereocenters. The molecule has 4 aliphatic rings. The van der Waals surface area contributed by atoms with Crippen LogP contribution in [0.1, 0.15) is 45.4 Å². The zero-order valence-electron chi connectivity index (χ0n) is 9.05. The summed E-state index contributed by atoms with van der Waals surface area (Å²) in [5.41, 5.74) is -0.126. The summed E-state index contributed by atoms with van der Waals surface area (Å²) in [6, 6.07) is 0. The first-order valence-electron chi connectivity index (χ1n) is 5.77. The molecule has 0 radical (unpaired) electrons. The number of carboxylic acids is 1. The smallest absolute Gasteiger partial charge is 0.309 e. The van der Waals surface area contributed by atoms with Crippen molar-refractivity contribution in [3.63, 3.8) is 0 Å². The Morgan fingerprint density at radius 1 is 1.27 bits per heavy atom. The van der Waals surface area contributed by atoms with Crippen molar-refractivity contribution >= 4 is 21.9 Å². The van der Waals surface area contributed by atoms with Crippen molar-refractivity contribution in [1.29, 1.82) is 0 Å². The Balaban J connectivity index is 2.05. The minimum absolute atomic E-state index is 0.138. The third-order valence-electron chi connectivity index (χ3n) is 4.73. The molecule has 0 saturated heterocycles. The second-order valence-electron chi connectivity index (χ2n) is 6.56. The molecule has 0 aromatic rings. The van der Waals surface area contributed by atoms with Crippen molar-refractivity contribution in [2.45, 2.75) is 49.8 Å². The third-order valence-corrected chi connectivity index (χ3v) is 5.62. The maximum absolute atomic E-state index is 11.5. The summed E-state index contributed by atoms with van der Waals surface area (Å²) in [7, 11) is 0. The molecule has 84 valence electrons. The summed E-state index contributed by atoms with van der Waals surface area (Å²) in [6.45, 7) is 2.28. The summed E-state index contributed by atoms with van der Waals surface area (Å²) in [6.07, 6.45) is 6.28. The highest BCUT2D eigenvalue weighted by molar-refractivity contribution is 9.10. The van der Waals surface area contributed by atoms with Crippen LogP contribution in [0.5, 0.6) is 0 Å². The fourth-order valence-electron chi connectivity index (χ4n) is 5.03. The Labute approximate surface area is 98.6 Å². The summed E-state index contributed by atoms with van der Waals surface area (Å²) >= 11 is 3.83. The lowest BCUT2D eigenvalue weighted by Crippen LogP contribution is -2.59. The van der Waals surface area contributed by atoms with Gasteiger partial charge in [0.15, 0.2) is 0 Å². The van der Waals surface area contributed by atoms with E-state index in [1.165, 1.54) is 19.3 Å². The van der Waals surface area contributed by atoms with Gasteiger partial charge in [0.05, 0.1) is 5.41 Å². The van der Waals surface area contributed by atoms with Crippen molar-refractivity contribution < 1.29 is 9.90 Å². The zero-order chi connectivity index (χ0) is 10.9. The maximum Gasteiger partial charge on any atom is 0.309 e. The molecule has 4 fully saturated rings.